The van der Waals surface area contributed by atoms with Gasteiger partial charge in [-0.25, -0.2) is 0 Å². The fourth-order valence-electron chi connectivity index (χ4n) is 2.60. The van der Waals surface area contributed by atoms with Crippen molar-refractivity contribution in [2.45, 2.75) is 62.1 Å². The van der Waals surface area contributed by atoms with E-state index < -0.39 is 58.3 Å². The molecule has 1 heterocycles. The van der Waals surface area contributed by atoms with Crippen LogP contribution in [0.5, 0.6) is 0 Å². The molecule has 0 aliphatic carbocycles. The van der Waals surface area contributed by atoms with Crippen molar-refractivity contribution in [1.29, 1.82) is 0 Å². The first kappa shape index (κ1) is 25.7. The predicted molar refractivity (Wildman–Crippen MR) is 100 cm³/mol. The third kappa shape index (κ3) is 8.13. The normalized spacial score (nSPS) is 26.9. The van der Waals surface area contributed by atoms with Crippen molar-refractivity contribution in [2.75, 3.05) is 13.2 Å². The molecule has 1 rings (SSSR count). The number of carbonyl (C=O) groups excluding carboxylic acids is 4. The summed E-state index contributed by atoms with van der Waals surface area (Å²) in [6.07, 6.45) is -4.82. The van der Waals surface area contributed by atoms with Crippen molar-refractivity contribution in [2.24, 2.45) is 0 Å². The smallest absolute Gasteiger partial charge is 0.303 e. The number of hydrogen-bond acceptors (Lipinski definition) is 9. The number of amides is 1. The lowest BCUT2D eigenvalue weighted by Crippen LogP contribution is -2.67. The fraction of sp³-hybridized carbons (Fsp3) is 0.750. The third-order valence-corrected chi connectivity index (χ3v) is 4.10. The molecule has 0 bridgehead atoms. The lowest BCUT2D eigenvalue weighted by Gasteiger charge is -2.45. The molecule has 0 aromatic heterocycles. The van der Waals surface area contributed by atoms with E-state index in [1.807, 2.05) is 0 Å². The zero-order chi connectivity index (χ0) is 22.4. The molecular formula is C16H22Cl3NO9. The SMILES string of the molecule is CCO[C@H]1O[C@H](COC(C)=O)[C@@H](OC(C)=O)[C@H](OC(C)=O)[C@@H]1NC(=O)C(Cl)(Cl)Cl. The molecular weight excluding hydrogens is 457 g/mol. The van der Waals surface area contributed by atoms with E-state index in [0.717, 1.165) is 13.8 Å². The van der Waals surface area contributed by atoms with Gasteiger partial charge >= 0.3 is 17.9 Å². The monoisotopic (exact) mass is 477 g/mol. The van der Waals surface area contributed by atoms with Gasteiger partial charge in [-0.3, -0.25) is 19.2 Å². The first-order valence-electron chi connectivity index (χ1n) is 8.49. The Kier molecular flexibility index (Phi) is 9.90. The summed E-state index contributed by atoms with van der Waals surface area (Å²) < 4.78 is 24.3. The van der Waals surface area contributed by atoms with Crippen molar-refractivity contribution >= 4 is 58.6 Å². The van der Waals surface area contributed by atoms with Crippen LogP contribution in [-0.2, 0) is 42.9 Å². The Bertz CT molecular complexity index is 625. The molecule has 0 aromatic rings. The summed E-state index contributed by atoms with van der Waals surface area (Å²) >= 11 is 16.8. The van der Waals surface area contributed by atoms with Gasteiger partial charge in [0.2, 0.25) is 0 Å². The van der Waals surface area contributed by atoms with E-state index in [4.69, 9.17) is 58.5 Å². The van der Waals surface area contributed by atoms with Crippen LogP contribution in [0.2, 0.25) is 0 Å². The van der Waals surface area contributed by atoms with Gasteiger partial charge in [0, 0.05) is 27.4 Å². The second-order valence-corrected chi connectivity index (χ2v) is 8.23. The molecule has 5 atom stereocenters. The predicted octanol–water partition coefficient (Wildman–Crippen LogP) is 1.03. The number of rotatable bonds is 7. The molecule has 29 heavy (non-hydrogen) atoms. The highest BCUT2D eigenvalue weighted by Gasteiger charge is 2.52. The van der Waals surface area contributed by atoms with Crippen molar-refractivity contribution in [3.63, 3.8) is 0 Å². The molecule has 1 N–H and O–H groups in total. The molecule has 1 aliphatic rings. The summed E-state index contributed by atoms with van der Waals surface area (Å²) in [6.45, 7) is 4.87. The van der Waals surface area contributed by atoms with Crippen molar-refractivity contribution in [3.8, 4) is 0 Å². The van der Waals surface area contributed by atoms with Crippen LogP contribution in [0, 0.1) is 0 Å². The molecule has 0 unspecified atom stereocenters. The van der Waals surface area contributed by atoms with E-state index in [1.165, 1.54) is 6.92 Å². The molecule has 1 saturated heterocycles. The molecule has 0 aromatic carbocycles. The van der Waals surface area contributed by atoms with Crippen molar-refractivity contribution in [1.82, 2.24) is 5.32 Å². The van der Waals surface area contributed by atoms with Crippen LogP contribution in [-0.4, -0.2) is 71.5 Å². The average Bonchev–Trinajstić information content (AvgIpc) is 2.56. The lowest BCUT2D eigenvalue weighted by molar-refractivity contribution is -0.276. The standard InChI is InChI=1S/C16H22Cl3NO9/c1-5-25-14-11(20-15(24)16(17,18)19)13(28-9(4)23)12(27-8(3)22)10(29-14)6-26-7(2)21/h10-14H,5-6H2,1-4H3,(H,20,24)/t10-,11+,12-,13-,14+/m1/s1. The Labute approximate surface area is 182 Å². The van der Waals surface area contributed by atoms with Gasteiger partial charge in [-0.15, -0.1) is 0 Å². The van der Waals surface area contributed by atoms with Gasteiger partial charge in [0.25, 0.3) is 9.70 Å². The minimum atomic E-state index is -2.33. The Hall–Kier alpha value is -1.33. The number of carbonyl (C=O) groups is 4. The maximum absolute atomic E-state index is 12.2. The minimum Gasteiger partial charge on any atom is -0.463 e. The van der Waals surface area contributed by atoms with Crippen LogP contribution in [0.1, 0.15) is 27.7 Å². The van der Waals surface area contributed by atoms with Gasteiger partial charge in [-0.2, -0.15) is 0 Å². The highest BCUT2D eigenvalue weighted by atomic mass is 35.6. The van der Waals surface area contributed by atoms with E-state index in [0.29, 0.717) is 0 Å². The van der Waals surface area contributed by atoms with Crippen LogP contribution in [0.25, 0.3) is 0 Å². The van der Waals surface area contributed by atoms with Gasteiger partial charge in [0.1, 0.15) is 18.8 Å². The maximum atomic E-state index is 12.2. The molecule has 0 spiro atoms. The van der Waals surface area contributed by atoms with Gasteiger partial charge in [-0.05, 0) is 6.92 Å². The summed E-state index contributed by atoms with van der Waals surface area (Å²) in [4.78, 5) is 46.7. The van der Waals surface area contributed by atoms with E-state index in [2.05, 4.69) is 5.32 Å². The molecule has 1 fully saturated rings. The molecule has 166 valence electrons. The Morgan fingerprint density at radius 1 is 0.966 bits per heavy atom. The van der Waals surface area contributed by atoms with E-state index in [9.17, 15) is 19.2 Å². The first-order chi connectivity index (χ1) is 13.4. The number of halogens is 3. The van der Waals surface area contributed by atoms with Gasteiger partial charge in [0.05, 0.1) is 0 Å². The summed E-state index contributed by atoms with van der Waals surface area (Å²) in [7, 11) is 0. The quantitative estimate of drug-likeness (QED) is 0.324. The summed E-state index contributed by atoms with van der Waals surface area (Å²) in [5.41, 5.74) is 0. The number of alkyl halides is 3. The van der Waals surface area contributed by atoms with Crippen molar-refractivity contribution < 1.29 is 42.9 Å². The average molecular weight is 479 g/mol. The fourth-order valence-corrected chi connectivity index (χ4v) is 2.76. The van der Waals surface area contributed by atoms with Crippen LogP contribution in [0.4, 0.5) is 0 Å². The molecule has 0 saturated carbocycles. The first-order valence-corrected chi connectivity index (χ1v) is 9.62. The number of nitrogens with one attached hydrogen (secondary N) is 1. The Balaban J connectivity index is 3.31. The van der Waals surface area contributed by atoms with E-state index >= 15 is 0 Å². The van der Waals surface area contributed by atoms with E-state index in [1.54, 1.807) is 6.92 Å². The summed E-state index contributed by atoms with van der Waals surface area (Å²) in [5, 5.41) is 2.38. The topological polar surface area (TPSA) is 126 Å². The number of esters is 3. The van der Waals surface area contributed by atoms with Gasteiger partial charge in [0.15, 0.2) is 18.5 Å². The zero-order valence-corrected chi connectivity index (χ0v) is 18.4. The minimum absolute atomic E-state index is 0.135. The largest absolute Gasteiger partial charge is 0.463 e. The van der Waals surface area contributed by atoms with Gasteiger partial charge in [-0.1, -0.05) is 34.8 Å². The zero-order valence-electron chi connectivity index (χ0n) is 16.1. The van der Waals surface area contributed by atoms with E-state index in [-0.39, 0.29) is 13.2 Å². The lowest BCUT2D eigenvalue weighted by atomic mass is 9.96. The Morgan fingerprint density at radius 2 is 1.52 bits per heavy atom. The number of ether oxygens (including phenoxy) is 5. The summed E-state index contributed by atoms with van der Waals surface area (Å²) in [6, 6.07) is -1.21. The van der Waals surface area contributed by atoms with Crippen LogP contribution >= 0.6 is 34.8 Å². The molecule has 10 nitrogen and oxygen atoms in total. The van der Waals surface area contributed by atoms with Crippen molar-refractivity contribution in [3.05, 3.63) is 0 Å². The highest BCUT2D eigenvalue weighted by Crippen LogP contribution is 2.31. The second-order valence-electron chi connectivity index (χ2n) is 5.95. The second kappa shape index (κ2) is 11.2. The Morgan fingerprint density at radius 3 is 1.97 bits per heavy atom. The summed E-state index contributed by atoms with van der Waals surface area (Å²) in [5.74, 6) is -3.13. The molecule has 1 aliphatic heterocycles. The van der Waals surface area contributed by atoms with Gasteiger partial charge < -0.3 is 29.0 Å². The van der Waals surface area contributed by atoms with Crippen LogP contribution in [0.3, 0.4) is 0 Å². The highest BCUT2D eigenvalue weighted by molar-refractivity contribution is 6.76. The van der Waals surface area contributed by atoms with Crippen LogP contribution in [0.15, 0.2) is 0 Å². The molecule has 1 amide bonds. The third-order valence-electron chi connectivity index (χ3n) is 3.59. The molecule has 13 heteroatoms. The van der Waals surface area contributed by atoms with Crippen LogP contribution < -0.4 is 5.32 Å². The maximum Gasteiger partial charge on any atom is 0.303 e. The number of hydrogen-bond donors (Lipinski definition) is 1. The molecule has 0 radical (unpaired) electrons.